The third kappa shape index (κ3) is 2.67. The molecule has 0 aliphatic rings. The molecule has 6 heteroatoms. The second kappa shape index (κ2) is 5.29. The van der Waals surface area contributed by atoms with E-state index in [1.54, 1.807) is 35.1 Å². The van der Waals surface area contributed by atoms with Crippen LogP contribution in [0.15, 0.2) is 53.1 Å². The summed E-state index contributed by atoms with van der Waals surface area (Å²) in [5.74, 6) is -0.670. The van der Waals surface area contributed by atoms with Crippen molar-refractivity contribution in [1.82, 2.24) is 9.78 Å². The molecular formula is C15H10BrF2N3. The van der Waals surface area contributed by atoms with Crippen LogP contribution in [0.2, 0.25) is 0 Å². The lowest BCUT2D eigenvalue weighted by Gasteiger charge is -2.02. The van der Waals surface area contributed by atoms with Crippen molar-refractivity contribution in [2.75, 3.05) is 5.73 Å². The number of nitrogens with two attached hydrogens (primary N) is 1. The molecule has 3 aromatic rings. The van der Waals surface area contributed by atoms with E-state index < -0.39 is 0 Å². The average molecular weight is 350 g/mol. The van der Waals surface area contributed by atoms with Crippen LogP contribution in [0.1, 0.15) is 0 Å². The third-order valence-corrected chi connectivity index (χ3v) is 3.63. The minimum atomic E-state index is -0.352. The Labute approximate surface area is 128 Å². The van der Waals surface area contributed by atoms with Crippen LogP contribution in [0.4, 0.5) is 14.5 Å². The normalized spacial score (nSPS) is 10.8. The highest BCUT2D eigenvalue weighted by atomic mass is 79.9. The zero-order valence-electron chi connectivity index (χ0n) is 10.7. The van der Waals surface area contributed by atoms with Gasteiger partial charge in [-0.2, -0.15) is 5.10 Å². The summed E-state index contributed by atoms with van der Waals surface area (Å²) in [6, 6.07) is 10.5. The van der Waals surface area contributed by atoms with Crippen molar-refractivity contribution in [2.24, 2.45) is 0 Å². The van der Waals surface area contributed by atoms with Crippen LogP contribution in [0.25, 0.3) is 16.9 Å². The second-order valence-electron chi connectivity index (χ2n) is 4.48. The Balaban J connectivity index is 2.05. The Hall–Kier alpha value is -2.21. The molecule has 0 aliphatic heterocycles. The number of benzene rings is 2. The van der Waals surface area contributed by atoms with Crippen molar-refractivity contribution in [3.05, 3.63) is 64.8 Å². The number of hydrogen-bond acceptors (Lipinski definition) is 2. The summed E-state index contributed by atoms with van der Waals surface area (Å²) in [5.41, 5.74) is 8.35. The van der Waals surface area contributed by atoms with Crippen molar-refractivity contribution in [3.63, 3.8) is 0 Å². The number of nitrogen functional groups attached to an aromatic ring is 1. The lowest BCUT2D eigenvalue weighted by atomic mass is 10.1. The predicted octanol–water partition coefficient (Wildman–Crippen LogP) is 4.16. The van der Waals surface area contributed by atoms with Crippen LogP contribution in [0, 0.1) is 11.6 Å². The van der Waals surface area contributed by atoms with Crippen LogP contribution in [-0.2, 0) is 0 Å². The number of aromatic nitrogens is 2. The maximum Gasteiger partial charge on any atom is 0.137 e. The van der Waals surface area contributed by atoms with E-state index >= 15 is 0 Å². The first-order valence-electron chi connectivity index (χ1n) is 6.11. The molecule has 1 aromatic heterocycles. The van der Waals surface area contributed by atoms with E-state index in [4.69, 9.17) is 5.73 Å². The van der Waals surface area contributed by atoms with Gasteiger partial charge in [0.1, 0.15) is 17.3 Å². The maximum atomic E-state index is 13.3. The van der Waals surface area contributed by atoms with Gasteiger partial charge < -0.3 is 5.73 Å². The van der Waals surface area contributed by atoms with Gasteiger partial charge in [-0.25, -0.2) is 13.5 Å². The summed E-state index contributed by atoms with van der Waals surface area (Å²) in [4.78, 5) is 0. The highest BCUT2D eigenvalue weighted by Crippen LogP contribution is 2.28. The van der Waals surface area contributed by atoms with Gasteiger partial charge in [-0.3, -0.25) is 0 Å². The quantitative estimate of drug-likeness (QED) is 0.754. The first-order valence-corrected chi connectivity index (χ1v) is 6.90. The second-order valence-corrected chi connectivity index (χ2v) is 5.34. The average Bonchev–Trinajstić information content (AvgIpc) is 2.85. The van der Waals surface area contributed by atoms with E-state index in [9.17, 15) is 8.78 Å². The summed E-state index contributed by atoms with van der Waals surface area (Å²) in [6.07, 6.45) is 1.64. The Morgan fingerprint density at radius 2 is 1.76 bits per heavy atom. The van der Waals surface area contributed by atoms with E-state index in [2.05, 4.69) is 21.0 Å². The zero-order valence-corrected chi connectivity index (χ0v) is 12.3. The van der Waals surface area contributed by atoms with Gasteiger partial charge in [0, 0.05) is 5.56 Å². The molecule has 3 nitrogen and oxygen atoms in total. The van der Waals surface area contributed by atoms with Crippen LogP contribution >= 0.6 is 15.9 Å². The molecule has 1 heterocycles. The smallest absolute Gasteiger partial charge is 0.137 e. The van der Waals surface area contributed by atoms with E-state index in [-0.39, 0.29) is 11.6 Å². The summed E-state index contributed by atoms with van der Waals surface area (Å²) in [7, 11) is 0. The van der Waals surface area contributed by atoms with Gasteiger partial charge in [0.25, 0.3) is 0 Å². The fourth-order valence-corrected chi connectivity index (χ4v) is 2.36. The topological polar surface area (TPSA) is 43.8 Å². The fraction of sp³-hybridized carbons (Fsp3) is 0. The third-order valence-electron chi connectivity index (χ3n) is 3.03. The number of halogens is 3. The largest absolute Gasteiger partial charge is 0.396 e. The Morgan fingerprint density at radius 1 is 1.05 bits per heavy atom. The summed E-state index contributed by atoms with van der Waals surface area (Å²) >= 11 is 3.14. The lowest BCUT2D eigenvalue weighted by Crippen LogP contribution is -1.95. The predicted molar refractivity (Wildman–Crippen MR) is 81.0 cm³/mol. The Morgan fingerprint density at radius 3 is 2.43 bits per heavy atom. The summed E-state index contributed by atoms with van der Waals surface area (Å²) < 4.78 is 28.1. The van der Waals surface area contributed by atoms with Crippen LogP contribution in [-0.4, -0.2) is 9.78 Å². The molecule has 2 N–H and O–H groups in total. The van der Waals surface area contributed by atoms with Crippen molar-refractivity contribution < 1.29 is 8.78 Å². The fourth-order valence-electron chi connectivity index (χ4n) is 1.98. The molecule has 0 bridgehead atoms. The maximum absolute atomic E-state index is 13.3. The van der Waals surface area contributed by atoms with Gasteiger partial charge >= 0.3 is 0 Å². The van der Waals surface area contributed by atoms with Gasteiger partial charge in [0.15, 0.2) is 0 Å². The van der Waals surface area contributed by atoms with Crippen molar-refractivity contribution >= 4 is 21.6 Å². The van der Waals surface area contributed by atoms with Gasteiger partial charge in [0.05, 0.1) is 22.0 Å². The van der Waals surface area contributed by atoms with Gasteiger partial charge in [0.2, 0.25) is 0 Å². The number of hydrogen-bond donors (Lipinski definition) is 1. The molecule has 0 saturated carbocycles. The summed E-state index contributed by atoms with van der Waals surface area (Å²) in [5, 5.41) is 4.38. The Bertz CT molecular complexity index is 797. The molecule has 2 aromatic carbocycles. The summed E-state index contributed by atoms with van der Waals surface area (Å²) in [6.45, 7) is 0. The van der Waals surface area contributed by atoms with Gasteiger partial charge in [-0.15, -0.1) is 0 Å². The molecule has 0 fully saturated rings. The first kappa shape index (κ1) is 13.8. The molecule has 0 amide bonds. The van der Waals surface area contributed by atoms with Crippen molar-refractivity contribution in [3.8, 4) is 16.9 Å². The molecule has 3 rings (SSSR count). The molecular weight excluding hydrogens is 340 g/mol. The molecule has 21 heavy (non-hydrogen) atoms. The van der Waals surface area contributed by atoms with Crippen molar-refractivity contribution in [1.29, 1.82) is 0 Å². The first-order chi connectivity index (χ1) is 10.0. The van der Waals surface area contributed by atoms with E-state index in [0.29, 0.717) is 27.1 Å². The van der Waals surface area contributed by atoms with E-state index in [1.807, 2.05) is 0 Å². The molecule has 106 valence electrons. The molecule has 0 unspecified atom stereocenters. The van der Waals surface area contributed by atoms with Crippen LogP contribution in [0.5, 0.6) is 0 Å². The molecule has 0 saturated heterocycles. The number of nitrogens with zero attached hydrogens (tertiary/aromatic N) is 2. The number of rotatable bonds is 2. The molecule has 0 aliphatic carbocycles. The minimum Gasteiger partial charge on any atom is -0.396 e. The van der Waals surface area contributed by atoms with Crippen molar-refractivity contribution in [2.45, 2.75) is 0 Å². The highest BCUT2D eigenvalue weighted by molar-refractivity contribution is 9.10. The standard InChI is InChI=1S/C15H10BrF2N3/c16-12-7-9(1-6-13(12)18)15-14(19)8-21(20-15)11-4-2-10(17)3-5-11/h1-8H,19H2. The molecule has 0 radical (unpaired) electrons. The van der Waals surface area contributed by atoms with Gasteiger partial charge in [-0.05, 0) is 58.4 Å². The van der Waals surface area contributed by atoms with Crippen LogP contribution < -0.4 is 5.73 Å². The SMILES string of the molecule is Nc1cn(-c2ccc(F)cc2)nc1-c1ccc(F)c(Br)c1. The minimum absolute atomic E-state index is 0.318. The van der Waals surface area contributed by atoms with Crippen LogP contribution in [0.3, 0.4) is 0 Å². The monoisotopic (exact) mass is 349 g/mol. The molecule has 0 atom stereocenters. The van der Waals surface area contributed by atoms with E-state index in [1.165, 1.54) is 18.2 Å². The lowest BCUT2D eigenvalue weighted by molar-refractivity contribution is 0.621. The highest BCUT2D eigenvalue weighted by Gasteiger charge is 2.11. The zero-order chi connectivity index (χ0) is 15.0. The Kier molecular flexibility index (Phi) is 3.47. The molecule has 0 spiro atoms. The van der Waals surface area contributed by atoms with E-state index in [0.717, 1.165) is 0 Å². The number of anilines is 1. The van der Waals surface area contributed by atoms with Gasteiger partial charge in [-0.1, -0.05) is 0 Å².